The summed E-state index contributed by atoms with van der Waals surface area (Å²) in [4.78, 5) is 2.50. The molecule has 0 radical (unpaired) electrons. The van der Waals surface area contributed by atoms with E-state index in [0.29, 0.717) is 6.04 Å². The number of nitrogens with zero attached hydrogens (tertiary/aromatic N) is 2. The van der Waals surface area contributed by atoms with Crippen LogP contribution in [0.4, 0.5) is 0 Å². The maximum absolute atomic E-state index is 9.16. The molecule has 1 aliphatic carbocycles. The lowest BCUT2D eigenvalue weighted by Gasteiger charge is -2.34. The first-order valence-corrected chi connectivity index (χ1v) is 7.18. The van der Waals surface area contributed by atoms with E-state index in [1.54, 1.807) is 0 Å². The van der Waals surface area contributed by atoms with E-state index in [1.165, 1.54) is 32.1 Å². The van der Waals surface area contributed by atoms with Gasteiger partial charge in [0.15, 0.2) is 0 Å². The van der Waals surface area contributed by atoms with E-state index in [2.05, 4.69) is 30.1 Å². The fourth-order valence-electron chi connectivity index (χ4n) is 2.69. The van der Waals surface area contributed by atoms with E-state index < -0.39 is 0 Å². The van der Waals surface area contributed by atoms with Crippen LogP contribution < -0.4 is 5.32 Å². The van der Waals surface area contributed by atoms with Gasteiger partial charge in [-0.3, -0.25) is 4.90 Å². The highest BCUT2D eigenvalue weighted by molar-refractivity contribution is 4.93. The Bertz CT molecular complexity index is 228. The summed E-state index contributed by atoms with van der Waals surface area (Å²) < 4.78 is 0. The summed E-state index contributed by atoms with van der Waals surface area (Å²) in [7, 11) is 0. The maximum Gasteiger partial charge on any atom is 0.108 e. The lowest BCUT2D eigenvalue weighted by molar-refractivity contribution is 0.156. The normalized spacial score (nSPS) is 19.2. The SMILES string of the molecule is CCCNC(C#N)CN(CC)C1CCCCC1. The molecule has 0 bridgehead atoms. The molecular weight excluding hydrogens is 210 g/mol. The molecule has 3 nitrogen and oxygen atoms in total. The average molecular weight is 237 g/mol. The third kappa shape index (κ3) is 5.06. The lowest BCUT2D eigenvalue weighted by Crippen LogP contribution is -2.45. The first kappa shape index (κ1) is 14.5. The molecule has 0 aliphatic heterocycles. The van der Waals surface area contributed by atoms with E-state index >= 15 is 0 Å². The quantitative estimate of drug-likeness (QED) is 0.739. The zero-order valence-electron chi connectivity index (χ0n) is 11.4. The molecule has 98 valence electrons. The summed E-state index contributed by atoms with van der Waals surface area (Å²) >= 11 is 0. The smallest absolute Gasteiger partial charge is 0.108 e. The van der Waals surface area contributed by atoms with Gasteiger partial charge in [-0.2, -0.15) is 5.26 Å². The van der Waals surface area contributed by atoms with Crippen LogP contribution in [-0.4, -0.2) is 36.6 Å². The third-order valence-corrected chi connectivity index (χ3v) is 3.71. The third-order valence-electron chi connectivity index (χ3n) is 3.71. The van der Waals surface area contributed by atoms with Gasteiger partial charge >= 0.3 is 0 Å². The predicted octanol–water partition coefficient (Wildman–Crippen LogP) is 2.53. The van der Waals surface area contributed by atoms with Gasteiger partial charge in [0.25, 0.3) is 0 Å². The Labute approximate surface area is 106 Å². The number of hydrogen-bond donors (Lipinski definition) is 1. The molecule has 3 heteroatoms. The van der Waals surface area contributed by atoms with Gasteiger partial charge in [-0.25, -0.2) is 0 Å². The molecule has 17 heavy (non-hydrogen) atoms. The van der Waals surface area contributed by atoms with Crippen LogP contribution >= 0.6 is 0 Å². The van der Waals surface area contributed by atoms with Crippen LogP contribution in [0.5, 0.6) is 0 Å². The first-order valence-electron chi connectivity index (χ1n) is 7.18. The van der Waals surface area contributed by atoms with Gasteiger partial charge < -0.3 is 5.32 Å². The van der Waals surface area contributed by atoms with E-state index in [9.17, 15) is 0 Å². The van der Waals surface area contributed by atoms with Gasteiger partial charge in [0.1, 0.15) is 6.04 Å². The Morgan fingerprint density at radius 3 is 2.53 bits per heavy atom. The van der Waals surface area contributed by atoms with Crippen LogP contribution in [0.25, 0.3) is 0 Å². The molecule has 1 rings (SSSR count). The van der Waals surface area contributed by atoms with Crippen molar-refractivity contribution in [3.8, 4) is 6.07 Å². The van der Waals surface area contributed by atoms with Gasteiger partial charge in [-0.15, -0.1) is 0 Å². The van der Waals surface area contributed by atoms with E-state index in [0.717, 1.165) is 26.1 Å². The topological polar surface area (TPSA) is 39.1 Å². The molecular formula is C14H27N3. The fourth-order valence-corrected chi connectivity index (χ4v) is 2.69. The van der Waals surface area contributed by atoms with E-state index in [1.807, 2.05) is 0 Å². The molecule has 1 atom stereocenters. The molecule has 0 spiro atoms. The molecule has 1 saturated carbocycles. The Balaban J connectivity index is 2.40. The van der Waals surface area contributed by atoms with Crippen molar-refractivity contribution < 1.29 is 0 Å². The fraction of sp³-hybridized carbons (Fsp3) is 0.929. The van der Waals surface area contributed by atoms with Crippen molar-refractivity contribution in [1.29, 1.82) is 5.26 Å². The van der Waals surface area contributed by atoms with Gasteiger partial charge in [-0.05, 0) is 32.4 Å². The molecule has 1 N–H and O–H groups in total. The summed E-state index contributed by atoms with van der Waals surface area (Å²) in [6.45, 7) is 7.25. The largest absolute Gasteiger partial charge is 0.301 e. The average Bonchev–Trinajstić information content (AvgIpc) is 2.40. The minimum Gasteiger partial charge on any atom is -0.301 e. The number of nitrogens with one attached hydrogen (secondary N) is 1. The van der Waals surface area contributed by atoms with Crippen LogP contribution in [0.2, 0.25) is 0 Å². The lowest BCUT2D eigenvalue weighted by atomic mass is 9.94. The highest BCUT2D eigenvalue weighted by atomic mass is 15.2. The minimum atomic E-state index is -0.00294. The van der Waals surface area contributed by atoms with E-state index in [-0.39, 0.29) is 6.04 Å². The molecule has 0 amide bonds. The van der Waals surface area contributed by atoms with E-state index in [4.69, 9.17) is 5.26 Å². The van der Waals surface area contributed by atoms with Crippen molar-refractivity contribution in [2.24, 2.45) is 0 Å². The van der Waals surface area contributed by atoms with Crippen molar-refractivity contribution in [3.05, 3.63) is 0 Å². The zero-order chi connectivity index (χ0) is 12.5. The molecule has 0 aromatic heterocycles. The number of nitriles is 1. The molecule has 1 unspecified atom stereocenters. The van der Waals surface area contributed by atoms with Crippen molar-refractivity contribution in [3.63, 3.8) is 0 Å². The van der Waals surface area contributed by atoms with Gasteiger partial charge in [0.05, 0.1) is 6.07 Å². The Hall–Kier alpha value is -0.590. The number of rotatable bonds is 7. The standard InChI is InChI=1S/C14H27N3/c1-3-10-16-13(11-15)12-17(4-2)14-8-6-5-7-9-14/h13-14,16H,3-10,12H2,1-2H3. The van der Waals surface area contributed by atoms with Crippen LogP contribution in [0.1, 0.15) is 52.4 Å². The second-order valence-electron chi connectivity index (χ2n) is 5.02. The highest BCUT2D eigenvalue weighted by Crippen LogP contribution is 2.22. The van der Waals surface area contributed by atoms with Gasteiger partial charge in [-0.1, -0.05) is 33.1 Å². The molecule has 0 saturated heterocycles. The van der Waals surface area contributed by atoms with Crippen molar-refractivity contribution in [2.75, 3.05) is 19.6 Å². The Morgan fingerprint density at radius 1 is 1.29 bits per heavy atom. The molecule has 1 aliphatic rings. The van der Waals surface area contributed by atoms with Crippen molar-refractivity contribution >= 4 is 0 Å². The van der Waals surface area contributed by atoms with Crippen molar-refractivity contribution in [1.82, 2.24) is 10.2 Å². The Morgan fingerprint density at radius 2 is 2.00 bits per heavy atom. The highest BCUT2D eigenvalue weighted by Gasteiger charge is 2.22. The summed E-state index contributed by atoms with van der Waals surface area (Å²) in [5.41, 5.74) is 0. The van der Waals surface area contributed by atoms with Crippen molar-refractivity contribution in [2.45, 2.75) is 64.5 Å². The molecule has 0 heterocycles. The number of hydrogen-bond acceptors (Lipinski definition) is 3. The van der Waals surface area contributed by atoms with Crippen LogP contribution in [0.3, 0.4) is 0 Å². The summed E-state index contributed by atoms with van der Waals surface area (Å²) in [5.74, 6) is 0. The monoisotopic (exact) mass is 237 g/mol. The van der Waals surface area contributed by atoms with Gasteiger partial charge in [0.2, 0.25) is 0 Å². The minimum absolute atomic E-state index is 0.00294. The zero-order valence-corrected chi connectivity index (χ0v) is 11.4. The maximum atomic E-state index is 9.16. The van der Waals surface area contributed by atoms with Crippen LogP contribution in [0, 0.1) is 11.3 Å². The van der Waals surface area contributed by atoms with Crippen LogP contribution in [-0.2, 0) is 0 Å². The molecule has 1 fully saturated rings. The first-order chi connectivity index (χ1) is 8.31. The van der Waals surface area contributed by atoms with Gasteiger partial charge in [0, 0.05) is 12.6 Å². The Kier molecular flexibility index (Phi) is 7.23. The van der Waals surface area contributed by atoms with Crippen LogP contribution in [0.15, 0.2) is 0 Å². The number of likely N-dealkylation sites (N-methyl/N-ethyl adjacent to an activating group) is 1. The second-order valence-corrected chi connectivity index (χ2v) is 5.02. The summed E-state index contributed by atoms with van der Waals surface area (Å²) in [6, 6.07) is 3.10. The second kappa shape index (κ2) is 8.49. The molecule has 0 aromatic rings. The summed E-state index contributed by atoms with van der Waals surface area (Å²) in [5, 5.41) is 12.5. The predicted molar refractivity (Wildman–Crippen MR) is 71.8 cm³/mol. The molecule has 0 aromatic carbocycles. The summed E-state index contributed by atoms with van der Waals surface area (Å²) in [6.07, 6.45) is 7.85.